The molecule has 0 spiro atoms. The summed E-state index contributed by atoms with van der Waals surface area (Å²) in [5.74, 6) is 0. The van der Waals surface area contributed by atoms with E-state index in [1.807, 2.05) is 0 Å². The molecule has 3 nitrogen and oxygen atoms in total. The van der Waals surface area contributed by atoms with E-state index >= 15 is 0 Å². The number of thiol groups is 1. The van der Waals surface area contributed by atoms with Crippen LogP contribution in [0, 0.1) is 10.1 Å². The summed E-state index contributed by atoms with van der Waals surface area (Å²) in [5, 5.41) is 10.4. The molecular formula is C7H8Cl3NO2S. The number of nitro groups is 1. The lowest BCUT2D eigenvalue weighted by atomic mass is 10.3. The summed E-state index contributed by atoms with van der Waals surface area (Å²) in [6.45, 7) is -3.36. The summed E-state index contributed by atoms with van der Waals surface area (Å²) in [5.41, 5.74) is -0.0147. The first kappa shape index (κ1) is 11.9. The maximum Gasteiger partial charge on any atom is 0.269 e. The number of benzene rings is 1. The van der Waals surface area contributed by atoms with Crippen molar-refractivity contribution >= 4 is 44.5 Å². The Labute approximate surface area is 94.9 Å². The van der Waals surface area contributed by atoms with Crippen molar-refractivity contribution in [2.45, 2.75) is 4.90 Å². The van der Waals surface area contributed by atoms with Gasteiger partial charge in [-0.1, -0.05) is 38.8 Å². The normalized spacial score (nSPS) is 14.4. The Kier molecular flexibility index (Phi) is 2.94. The summed E-state index contributed by atoms with van der Waals surface area (Å²) in [6, 6.07) is 5.60. The summed E-state index contributed by atoms with van der Waals surface area (Å²) < 4.78 is 0. The van der Waals surface area contributed by atoms with E-state index in [4.69, 9.17) is 32.0 Å². The molecule has 0 aliphatic heterocycles. The average molecular weight is 277 g/mol. The van der Waals surface area contributed by atoms with Gasteiger partial charge in [0.05, 0.1) is 4.92 Å². The molecule has 0 bridgehead atoms. The predicted octanol–water partition coefficient (Wildman–Crippen LogP) is 4.12. The Balaban J connectivity index is 3.13. The molecule has 0 N–H and O–H groups in total. The minimum atomic E-state index is -3.36. The fourth-order valence-electron chi connectivity index (χ4n) is 0.892. The van der Waals surface area contributed by atoms with Crippen molar-refractivity contribution in [2.24, 2.45) is 0 Å². The Bertz CT molecular complexity index is 362. The van der Waals surface area contributed by atoms with Gasteiger partial charge in [0, 0.05) is 17.0 Å². The number of halogens is 3. The SMILES string of the molecule is C[SH](Cl)(Cl)(Cl)c1ccc([N+](=O)[O-])cc1. The van der Waals surface area contributed by atoms with Gasteiger partial charge in [-0.3, -0.25) is 10.1 Å². The van der Waals surface area contributed by atoms with Crippen LogP contribution < -0.4 is 0 Å². The van der Waals surface area contributed by atoms with Crippen LogP contribution in [-0.4, -0.2) is 11.2 Å². The molecule has 0 saturated heterocycles. The van der Waals surface area contributed by atoms with E-state index in [1.54, 1.807) is 0 Å². The second-order valence-corrected chi connectivity index (χ2v) is 15.0. The second-order valence-electron chi connectivity index (χ2n) is 2.95. The van der Waals surface area contributed by atoms with Crippen LogP contribution in [0.5, 0.6) is 0 Å². The van der Waals surface area contributed by atoms with Crippen LogP contribution in [-0.2, 0) is 0 Å². The van der Waals surface area contributed by atoms with Gasteiger partial charge in [0.2, 0.25) is 0 Å². The molecule has 0 saturated carbocycles. The van der Waals surface area contributed by atoms with Gasteiger partial charge in [-0.25, -0.2) is 0 Å². The molecule has 0 heterocycles. The number of rotatable bonds is 2. The smallest absolute Gasteiger partial charge is 0.258 e. The summed E-state index contributed by atoms with van der Waals surface area (Å²) in [6.07, 6.45) is 1.53. The van der Waals surface area contributed by atoms with Crippen molar-refractivity contribution in [1.82, 2.24) is 0 Å². The topological polar surface area (TPSA) is 43.1 Å². The largest absolute Gasteiger partial charge is 0.269 e. The van der Waals surface area contributed by atoms with Gasteiger partial charge >= 0.3 is 0 Å². The van der Waals surface area contributed by atoms with Crippen LogP contribution in [0.1, 0.15) is 0 Å². The molecule has 14 heavy (non-hydrogen) atoms. The first-order chi connectivity index (χ1) is 6.17. The molecule has 0 unspecified atom stereocenters. The fourth-order valence-corrected chi connectivity index (χ4v) is 2.69. The van der Waals surface area contributed by atoms with Crippen molar-refractivity contribution in [2.75, 3.05) is 6.26 Å². The van der Waals surface area contributed by atoms with Gasteiger partial charge in [-0.15, -0.1) is 0 Å². The summed E-state index contributed by atoms with van der Waals surface area (Å²) in [7, 11) is 17.8. The van der Waals surface area contributed by atoms with Crippen molar-refractivity contribution in [3.8, 4) is 0 Å². The highest BCUT2D eigenvalue weighted by molar-refractivity contribution is 8.91. The van der Waals surface area contributed by atoms with Gasteiger partial charge in [0.25, 0.3) is 5.69 Å². The molecule has 7 heteroatoms. The minimum absolute atomic E-state index is 0.0147. The molecule has 1 rings (SSSR count). The number of hydrogen-bond acceptors (Lipinski definition) is 2. The molecule has 0 radical (unpaired) electrons. The maximum atomic E-state index is 10.4. The molecule has 0 fully saturated rings. The van der Waals surface area contributed by atoms with Gasteiger partial charge in [-0.05, 0) is 18.4 Å². The average Bonchev–Trinajstić information content (AvgIpc) is 2.01. The number of nitro benzene ring substituents is 1. The van der Waals surface area contributed by atoms with E-state index in [1.165, 1.54) is 30.5 Å². The second kappa shape index (κ2) is 3.45. The molecule has 1 aromatic rings. The molecule has 0 amide bonds. The third kappa shape index (κ3) is 2.92. The first-order valence-corrected chi connectivity index (χ1v) is 8.99. The Morgan fingerprint density at radius 1 is 1.21 bits per heavy atom. The van der Waals surface area contributed by atoms with Crippen LogP contribution in [0.3, 0.4) is 0 Å². The van der Waals surface area contributed by atoms with E-state index < -0.39 is 11.7 Å². The molecule has 0 aromatic heterocycles. The van der Waals surface area contributed by atoms with E-state index in [0.29, 0.717) is 4.90 Å². The van der Waals surface area contributed by atoms with Crippen LogP contribution >= 0.6 is 38.8 Å². The van der Waals surface area contributed by atoms with Crippen molar-refractivity contribution < 1.29 is 4.92 Å². The highest BCUT2D eigenvalue weighted by atomic mass is 36.2. The zero-order valence-corrected chi connectivity index (χ0v) is 10.3. The minimum Gasteiger partial charge on any atom is -0.258 e. The summed E-state index contributed by atoms with van der Waals surface area (Å²) >= 11 is 0. The molecule has 80 valence electrons. The van der Waals surface area contributed by atoms with Crippen LogP contribution in [0.4, 0.5) is 5.69 Å². The van der Waals surface area contributed by atoms with Crippen LogP contribution in [0.15, 0.2) is 29.2 Å². The lowest BCUT2D eigenvalue weighted by Gasteiger charge is -2.38. The third-order valence-corrected chi connectivity index (χ3v) is 4.77. The molecule has 1 aromatic carbocycles. The zero-order valence-electron chi connectivity index (χ0n) is 7.15. The van der Waals surface area contributed by atoms with Crippen LogP contribution in [0.25, 0.3) is 0 Å². The molecule has 0 aliphatic rings. The third-order valence-electron chi connectivity index (χ3n) is 1.61. The van der Waals surface area contributed by atoms with Crippen molar-refractivity contribution in [3.63, 3.8) is 0 Å². The van der Waals surface area contributed by atoms with Gasteiger partial charge < -0.3 is 0 Å². The summed E-state index contributed by atoms with van der Waals surface area (Å²) in [4.78, 5) is 10.4. The number of non-ortho nitro benzene ring substituents is 1. The number of nitrogens with zero attached hydrogens (tertiary/aromatic N) is 1. The fraction of sp³-hybridized carbons (Fsp3) is 0.143. The van der Waals surface area contributed by atoms with Crippen LogP contribution in [0.2, 0.25) is 0 Å². The predicted molar refractivity (Wildman–Crippen MR) is 63.8 cm³/mol. The van der Waals surface area contributed by atoms with E-state index in [2.05, 4.69) is 0 Å². The van der Waals surface area contributed by atoms with Gasteiger partial charge in [0.1, 0.15) is 0 Å². The molecule has 0 atom stereocenters. The lowest BCUT2D eigenvalue weighted by molar-refractivity contribution is -0.384. The van der Waals surface area contributed by atoms with Gasteiger partial charge in [0.15, 0.2) is 0 Å². The Morgan fingerprint density at radius 3 is 1.93 bits per heavy atom. The maximum absolute atomic E-state index is 10.4. The lowest BCUT2D eigenvalue weighted by Crippen LogP contribution is -1.93. The first-order valence-electron chi connectivity index (χ1n) is 3.59. The monoisotopic (exact) mass is 275 g/mol. The van der Waals surface area contributed by atoms with Gasteiger partial charge in [-0.2, -0.15) is 0 Å². The Morgan fingerprint density at radius 2 is 1.64 bits per heavy atom. The van der Waals surface area contributed by atoms with E-state index in [-0.39, 0.29) is 5.69 Å². The van der Waals surface area contributed by atoms with E-state index in [0.717, 1.165) is 0 Å². The quantitative estimate of drug-likeness (QED) is 0.502. The molecular weight excluding hydrogens is 269 g/mol. The molecule has 0 aliphatic carbocycles. The highest BCUT2D eigenvalue weighted by Gasteiger charge is 2.29. The highest BCUT2D eigenvalue weighted by Crippen LogP contribution is 2.85. The standard InChI is InChI=1S/C7H8Cl3NO2S/c1-14(8,9,10)7-4-2-6(3-5-7)11(12)13/h2-5,14H,1H3. The van der Waals surface area contributed by atoms with E-state index in [9.17, 15) is 10.1 Å². The Hall–Kier alpha value is -0.160. The van der Waals surface area contributed by atoms with Crippen molar-refractivity contribution in [3.05, 3.63) is 34.4 Å². The van der Waals surface area contributed by atoms with Crippen molar-refractivity contribution in [1.29, 1.82) is 0 Å². The zero-order chi connectivity index (χ0) is 11.0. The number of hydrogen-bond donors (Lipinski definition) is 1.